The molecule has 0 saturated heterocycles. The van der Waals surface area contributed by atoms with E-state index in [1.165, 1.54) is 44.9 Å². The summed E-state index contributed by atoms with van der Waals surface area (Å²) in [4.78, 5) is 14.1. The monoisotopic (exact) mass is 311 g/mol. The van der Waals surface area contributed by atoms with Crippen molar-refractivity contribution >= 4 is 5.97 Å². The summed E-state index contributed by atoms with van der Waals surface area (Å²) >= 11 is 0. The van der Waals surface area contributed by atoms with Gasteiger partial charge in [-0.3, -0.25) is 0 Å². The third-order valence-electron chi connectivity index (χ3n) is 3.96. The minimum Gasteiger partial charge on any atom is -0.462 e. The van der Waals surface area contributed by atoms with Crippen LogP contribution >= 0.6 is 0 Å². The van der Waals surface area contributed by atoms with Crippen molar-refractivity contribution in [3.8, 4) is 0 Å². The zero-order valence-electron chi connectivity index (χ0n) is 15.3. The van der Waals surface area contributed by atoms with Crippen LogP contribution in [0.3, 0.4) is 0 Å². The van der Waals surface area contributed by atoms with E-state index in [0.29, 0.717) is 18.2 Å². The molecule has 0 aliphatic heterocycles. The van der Waals surface area contributed by atoms with Gasteiger partial charge in [0.25, 0.3) is 0 Å². The average molecular weight is 312 g/mol. The lowest BCUT2D eigenvalue weighted by molar-refractivity contribution is -0.139. The van der Waals surface area contributed by atoms with Gasteiger partial charge in [0.05, 0.1) is 6.61 Å². The van der Waals surface area contributed by atoms with E-state index in [2.05, 4.69) is 32.3 Å². The summed E-state index contributed by atoms with van der Waals surface area (Å²) in [5.41, 5.74) is 0.485. The molecule has 0 aliphatic carbocycles. The molecular formula is C19H37NO2. The lowest BCUT2D eigenvalue weighted by Crippen LogP contribution is -2.37. The largest absolute Gasteiger partial charge is 0.462 e. The summed E-state index contributed by atoms with van der Waals surface area (Å²) in [5.74, 6) is -0.262. The Hall–Kier alpha value is -0.830. The zero-order chi connectivity index (χ0) is 16.8. The van der Waals surface area contributed by atoms with Gasteiger partial charge in [-0.2, -0.15) is 0 Å². The first-order valence-electron chi connectivity index (χ1n) is 9.13. The van der Waals surface area contributed by atoms with Crippen molar-refractivity contribution in [1.82, 2.24) is 4.90 Å². The molecule has 0 aromatic rings. The number of hydrogen-bond donors (Lipinski definition) is 0. The second kappa shape index (κ2) is 13.8. The molecule has 0 aromatic heterocycles. The lowest BCUT2D eigenvalue weighted by Gasteiger charge is -2.31. The number of esters is 1. The zero-order valence-corrected chi connectivity index (χ0v) is 15.3. The average Bonchev–Trinajstić information content (AvgIpc) is 2.49. The molecule has 0 aromatic carbocycles. The molecule has 0 heterocycles. The SMILES string of the molecule is C=C(C)C(=O)OCCC(CCCCCC)N(CCC)CCC. The summed E-state index contributed by atoms with van der Waals surface area (Å²) < 4.78 is 5.30. The van der Waals surface area contributed by atoms with Crippen molar-refractivity contribution < 1.29 is 9.53 Å². The maximum Gasteiger partial charge on any atom is 0.333 e. The minimum absolute atomic E-state index is 0.262. The Labute approximate surface area is 138 Å². The summed E-state index contributed by atoms with van der Waals surface area (Å²) in [6, 6.07) is 0.537. The van der Waals surface area contributed by atoms with E-state index in [0.717, 1.165) is 19.5 Å². The molecule has 0 aliphatic rings. The highest BCUT2D eigenvalue weighted by Gasteiger charge is 2.17. The fourth-order valence-corrected chi connectivity index (χ4v) is 2.78. The standard InChI is InChI=1S/C19H37NO2/c1-6-9-10-11-12-18(20(14-7-2)15-8-3)13-16-22-19(21)17(4)5/h18H,4,6-16H2,1-3,5H3. The molecule has 0 radical (unpaired) electrons. The van der Waals surface area contributed by atoms with Gasteiger partial charge >= 0.3 is 5.97 Å². The number of nitrogens with zero attached hydrogens (tertiary/aromatic N) is 1. The molecule has 3 nitrogen and oxygen atoms in total. The molecule has 0 N–H and O–H groups in total. The highest BCUT2D eigenvalue weighted by atomic mass is 16.5. The summed E-state index contributed by atoms with van der Waals surface area (Å²) in [5, 5.41) is 0. The van der Waals surface area contributed by atoms with Crippen molar-refractivity contribution in [3.05, 3.63) is 12.2 Å². The highest BCUT2D eigenvalue weighted by molar-refractivity contribution is 5.86. The Bertz CT molecular complexity index is 296. The Kier molecular flexibility index (Phi) is 13.3. The number of rotatable bonds is 14. The van der Waals surface area contributed by atoms with Crippen LogP contribution in [0.5, 0.6) is 0 Å². The van der Waals surface area contributed by atoms with E-state index in [1.54, 1.807) is 6.92 Å². The predicted octanol–water partition coefficient (Wildman–Crippen LogP) is 4.96. The number of hydrogen-bond acceptors (Lipinski definition) is 3. The molecule has 130 valence electrons. The Morgan fingerprint density at radius 2 is 1.64 bits per heavy atom. The molecule has 0 spiro atoms. The molecule has 0 rings (SSSR count). The van der Waals surface area contributed by atoms with Crippen LogP contribution in [-0.2, 0) is 9.53 Å². The first-order valence-corrected chi connectivity index (χ1v) is 9.13. The van der Waals surface area contributed by atoms with E-state index in [1.807, 2.05) is 0 Å². The van der Waals surface area contributed by atoms with Crippen LogP contribution in [0.1, 0.15) is 79.1 Å². The summed E-state index contributed by atoms with van der Waals surface area (Å²) in [7, 11) is 0. The molecule has 3 heteroatoms. The third kappa shape index (κ3) is 9.99. The van der Waals surface area contributed by atoms with Gasteiger partial charge in [0.2, 0.25) is 0 Å². The smallest absolute Gasteiger partial charge is 0.333 e. The predicted molar refractivity (Wildman–Crippen MR) is 95.1 cm³/mol. The lowest BCUT2D eigenvalue weighted by atomic mass is 10.0. The molecule has 0 fully saturated rings. The van der Waals surface area contributed by atoms with E-state index in [-0.39, 0.29) is 5.97 Å². The Balaban J connectivity index is 4.40. The maximum absolute atomic E-state index is 11.5. The molecule has 0 amide bonds. The first-order chi connectivity index (χ1) is 10.6. The fraction of sp³-hybridized carbons (Fsp3) is 0.842. The minimum atomic E-state index is -0.262. The number of carbonyl (C=O) groups is 1. The van der Waals surface area contributed by atoms with Crippen LogP contribution in [0.15, 0.2) is 12.2 Å². The molecule has 1 unspecified atom stereocenters. The van der Waals surface area contributed by atoms with Crippen LogP contribution < -0.4 is 0 Å². The molecule has 0 bridgehead atoms. The van der Waals surface area contributed by atoms with E-state index in [4.69, 9.17) is 4.74 Å². The molecule has 0 saturated carbocycles. The quantitative estimate of drug-likeness (QED) is 0.258. The van der Waals surface area contributed by atoms with Crippen molar-refractivity contribution in [2.45, 2.75) is 85.1 Å². The van der Waals surface area contributed by atoms with Crippen LogP contribution in [0.25, 0.3) is 0 Å². The molecule has 1 atom stereocenters. The van der Waals surface area contributed by atoms with Gasteiger partial charge in [-0.25, -0.2) is 4.79 Å². The Morgan fingerprint density at radius 1 is 1.00 bits per heavy atom. The van der Waals surface area contributed by atoms with Gasteiger partial charge in [0.1, 0.15) is 0 Å². The van der Waals surface area contributed by atoms with Crippen LogP contribution in [0.4, 0.5) is 0 Å². The fourth-order valence-electron chi connectivity index (χ4n) is 2.78. The van der Waals surface area contributed by atoms with Crippen LogP contribution in [0.2, 0.25) is 0 Å². The number of ether oxygens (including phenoxy) is 1. The Morgan fingerprint density at radius 3 is 2.14 bits per heavy atom. The number of unbranched alkanes of at least 4 members (excludes halogenated alkanes) is 3. The van der Waals surface area contributed by atoms with Gasteiger partial charge in [0.15, 0.2) is 0 Å². The normalized spacial score (nSPS) is 12.4. The van der Waals surface area contributed by atoms with Crippen molar-refractivity contribution in [1.29, 1.82) is 0 Å². The topological polar surface area (TPSA) is 29.5 Å². The molecular weight excluding hydrogens is 274 g/mol. The third-order valence-corrected chi connectivity index (χ3v) is 3.96. The second-order valence-electron chi connectivity index (χ2n) is 6.24. The summed E-state index contributed by atoms with van der Waals surface area (Å²) in [6.45, 7) is 14.8. The summed E-state index contributed by atoms with van der Waals surface area (Å²) in [6.07, 6.45) is 9.68. The van der Waals surface area contributed by atoms with Gasteiger partial charge in [-0.15, -0.1) is 0 Å². The van der Waals surface area contributed by atoms with Crippen molar-refractivity contribution in [2.75, 3.05) is 19.7 Å². The second-order valence-corrected chi connectivity index (χ2v) is 6.24. The van der Waals surface area contributed by atoms with Crippen LogP contribution in [-0.4, -0.2) is 36.6 Å². The van der Waals surface area contributed by atoms with Crippen molar-refractivity contribution in [3.63, 3.8) is 0 Å². The van der Waals surface area contributed by atoms with Gasteiger partial charge < -0.3 is 9.64 Å². The maximum atomic E-state index is 11.5. The van der Waals surface area contributed by atoms with E-state index >= 15 is 0 Å². The van der Waals surface area contributed by atoms with E-state index < -0.39 is 0 Å². The highest BCUT2D eigenvalue weighted by Crippen LogP contribution is 2.16. The van der Waals surface area contributed by atoms with Gasteiger partial charge in [-0.05, 0) is 45.7 Å². The van der Waals surface area contributed by atoms with Crippen molar-refractivity contribution in [2.24, 2.45) is 0 Å². The van der Waals surface area contributed by atoms with Gasteiger partial charge in [-0.1, -0.05) is 53.0 Å². The van der Waals surface area contributed by atoms with Gasteiger partial charge in [0, 0.05) is 11.6 Å². The molecule has 22 heavy (non-hydrogen) atoms. The number of carbonyl (C=O) groups excluding carboxylic acids is 1. The van der Waals surface area contributed by atoms with Crippen LogP contribution in [0, 0.1) is 0 Å². The van der Waals surface area contributed by atoms with E-state index in [9.17, 15) is 4.79 Å². The first kappa shape index (κ1) is 21.2.